The highest BCUT2D eigenvalue weighted by Gasteiger charge is 2.18. The first kappa shape index (κ1) is 23.5. The average molecular weight is 439 g/mol. The Morgan fingerprint density at radius 1 is 1.17 bits per heavy atom. The van der Waals surface area contributed by atoms with Gasteiger partial charge < -0.3 is 9.67 Å². The monoisotopic (exact) mass is 438 g/mol. The third-order valence-electron chi connectivity index (χ3n) is 5.25. The van der Waals surface area contributed by atoms with E-state index in [1.165, 1.54) is 6.07 Å². The zero-order valence-corrected chi connectivity index (χ0v) is 18.6. The Kier molecular flexibility index (Phi) is 8.75. The second-order valence-electron chi connectivity index (χ2n) is 7.26. The summed E-state index contributed by atoms with van der Waals surface area (Å²) in [6, 6.07) is 8.60. The molecule has 1 aromatic carbocycles. The molecule has 5 nitrogen and oxygen atoms in total. The lowest BCUT2D eigenvalue weighted by atomic mass is 10.1. The van der Waals surface area contributed by atoms with Gasteiger partial charge in [0.2, 0.25) is 0 Å². The minimum Gasteiger partial charge on any atom is -0.478 e. The predicted octanol–water partition coefficient (Wildman–Crippen LogP) is 5.11. The predicted molar refractivity (Wildman–Crippen MR) is 118 cm³/mol. The fraction of sp³-hybridized carbons (Fsp3) is 0.455. The number of pyridine rings is 1. The van der Waals surface area contributed by atoms with Gasteiger partial charge in [-0.05, 0) is 50.1 Å². The molecule has 7 heteroatoms. The molecule has 1 N–H and O–H groups in total. The van der Waals surface area contributed by atoms with E-state index >= 15 is 0 Å². The molecule has 0 fully saturated rings. The van der Waals surface area contributed by atoms with Gasteiger partial charge in [0.05, 0.1) is 16.3 Å². The first-order chi connectivity index (χ1) is 13.8. The first-order valence-corrected chi connectivity index (χ1v) is 10.6. The van der Waals surface area contributed by atoms with Crippen molar-refractivity contribution in [2.75, 3.05) is 7.05 Å². The molecule has 0 aliphatic heterocycles. The lowest BCUT2D eigenvalue weighted by Gasteiger charge is -2.28. The number of hydrogen-bond acceptors (Lipinski definition) is 3. The van der Waals surface area contributed by atoms with Crippen molar-refractivity contribution in [2.24, 2.45) is 0 Å². The van der Waals surface area contributed by atoms with Gasteiger partial charge in [-0.1, -0.05) is 55.6 Å². The molecule has 0 radical (unpaired) electrons. The summed E-state index contributed by atoms with van der Waals surface area (Å²) < 4.78 is 1.64. The number of carboxylic acids is 1. The number of carbonyl (C=O) groups is 1. The molecule has 1 unspecified atom stereocenters. The van der Waals surface area contributed by atoms with Crippen molar-refractivity contribution in [3.8, 4) is 0 Å². The van der Waals surface area contributed by atoms with Crippen LogP contribution in [-0.4, -0.2) is 33.6 Å². The van der Waals surface area contributed by atoms with E-state index in [0.29, 0.717) is 30.6 Å². The van der Waals surface area contributed by atoms with E-state index in [4.69, 9.17) is 28.3 Å². The van der Waals surface area contributed by atoms with Gasteiger partial charge >= 0.3 is 5.97 Å². The van der Waals surface area contributed by atoms with Crippen LogP contribution >= 0.6 is 23.2 Å². The lowest BCUT2D eigenvalue weighted by Crippen LogP contribution is -2.34. The van der Waals surface area contributed by atoms with Crippen LogP contribution < -0.4 is 5.56 Å². The molecule has 2 aromatic rings. The third kappa shape index (κ3) is 6.08. The van der Waals surface area contributed by atoms with Gasteiger partial charge in [0.25, 0.3) is 5.56 Å². The fourth-order valence-corrected chi connectivity index (χ4v) is 4.06. The Hall–Kier alpha value is -1.82. The van der Waals surface area contributed by atoms with Crippen LogP contribution in [0.2, 0.25) is 10.0 Å². The van der Waals surface area contributed by atoms with Crippen LogP contribution in [0.1, 0.15) is 54.7 Å². The molecule has 0 saturated heterocycles. The first-order valence-electron chi connectivity index (χ1n) is 9.88. The Morgan fingerprint density at radius 3 is 2.38 bits per heavy atom. The van der Waals surface area contributed by atoms with Crippen LogP contribution in [0.15, 0.2) is 35.1 Å². The number of halogens is 2. The lowest BCUT2D eigenvalue weighted by molar-refractivity contribution is 0.0697. The highest BCUT2D eigenvalue weighted by Crippen LogP contribution is 2.22. The van der Waals surface area contributed by atoms with E-state index < -0.39 is 5.97 Å². The molecule has 0 aliphatic carbocycles. The van der Waals surface area contributed by atoms with Crippen molar-refractivity contribution in [1.29, 1.82) is 0 Å². The van der Waals surface area contributed by atoms with Gasteiger partial charge in [-0.2, -0.15) is 0 Å². The molecule has 0 amide bonds. The van der Waals surface area contributed by atoms with Crippen LogP contribution in [0.4, 0.5) is 0 Å². The maximum absolute atomic E-state index is 12.7. The molecule has 0 aliphatic rings. The average Bonchev–Trinajstić information content (AvgIpc) is 2.70. The van der Waals surface area contributed by atoms with Gasteiger partial charge in [0.1, 0.15) is 5.02 Å². The second-order valence-corrected chi connectivity index (χ2v) is 8.08. The molecule has 1 atom stereocenters. The van der Waals surface area contributed by atoms with Crippen LogP contribution in [-0.2, 0) is 19.5 Å². The van der Waals surface area contributed by atoms with Crippen LogP contribution in [0.5, 0.6) is 0 Å². The molecule has 0 spiro atoms. The molecule has 0 bridgehead atoms. The van der Waals surface area contributed by atoms with E-state index in [0.717, 1.165) is 30.5 Å². The van der Waals surface area contributed by atoms with E-state index in [1.807, 2.05) is 7.05 Å². The number of benzene rings is 1. The smallest absolute Gasteiger partial charge is 0.335 e. The van der Waals surface area contributed by atoms with Crippen LogP contribution in [0.25, 0.3) is 0 Å². The number of aryl methyl sites for hydroxylation is 1. The quantitative estimate of drug-likeness (QED) is 0.559. The molecule has 1 heterocycles. The Labute approximate surface area is 181 Å². The summed E-state index contributed by atoms with van der Waals surface area (Å²) in [6.45, 7) is 5.30. The summed E-state index contributed by atoms with van der Waals surface area (Å²) in [6.07, 6.45) is 3.77. The molecule has 1 aromatic heterocycles. The number of aromatic carboxylic acids is 1. The second kappa shape index (κ2) is 10.8. The topological polar surface area (TPSA) is 62.5 Å². The van der Waals surface area contributed by atoms with Crippen molar-refractivity contribution in [3.63, 3.8) is 0 Å². The SMILES string of the molecule is CCCC(CC)N(C)Cc1c(Cl)cc(Cl)c(=O)n1CCc1ccc(C(=O)O)cc1. The summed E-state index contributed by atoms with van der Waals surface area (Å²) in [5.74, 6) is -0.961. The maximum Gasteiger partial charge on any atom is 0.335 e. The zero-order chi connectivity index (χ0) is 21.6. The largest absolute Gasteiger partial charge is 0.478 e. The van der Waals surface area contributed by atoms with E-state index in [9.17, 15) is 9.59 Å². The molecular formula is C22H28Cl2N2O3. The Morgan fingerprint density at radius 2 is 1.83 bits per heavy atom. The number of aromatic nitrogens is 1. The standard InChI is InChI=1S/C22H28Cl2N2O3/c1-4-6-17(5-2)25(3)14-20-18(23)13-19(24)21(27)26(20)12-11-15-7-9-16(10-8-15)22(28)29/h7-10,13,17H,4-6,11-12,14H2,1-3H3,(H,28,29). The highest BCUT2D eigenvalue weighted by atomic mass is 35.5. The number of carboxylic acid groups (broad SMARTS) is 1. The van der Waals surface area contributed by atoms with Gasteiger partial charge in [-0.25, -0.2) is 4.79 Å². The summed E-state index contributed by atoms with van der Waals surface area (Å²) in [5, 5.41) is 9.61. The number of nitrogens with zero attached hydrogens (tertiary/aromatic N) is 2. The summed E-state index contributed by atoms with van der Waals surface area (Å²) in [7, 11) is 2.05. The molecule has 29 heavy (non-hydrogen) atoms. The van der Waals surface area contributed by atoms with Gasteiger partial charge in [-0.3, -0.25) is 9.69 Å². The van der Waals surface area contributed by atoms with Crippen molar-refractivity contribution in [3.05, 3.63) is 67.6 Å². The van der Waals surface area contributed by atoms with E-state index in [2.05, 4.69) is 18.7 Å². The Balaban J connectivity index is 2.28. The Bertz CT molecular complexity index is 894. The van der Waals surface area contributed by atoms with Crippen LogP contribution in [0, 0.1) is 0 Å². The molecular weight excluding hydrogens is 411 g/mol. The minimum atomic E-state index is -0.961. The minimum absolute atomic E-state index is 0.100. The summed E-state index contributed by atoms with van der Waals surface area (Å²) in [4.78, 5) is 26.0. The zero-order valence-electron chi connectivity index (χ0n) is 17.1. The highest BCUT2D eigenvalue weighted by molar-refractivity contribution is 6.34. The van der Waals surface area contributed by atoms with Crippen molar-refractivity contribution in [2.45, 2.75) is 58.7 Å². The fourth-order valence-electron chi connectivity index (χ4n) is 3.52. The summed E-state index contributed by atoms with van der Waals surface area (Å²) in [5.41, 5.74) is 1.67. The van der Waals surface area contributed by atoms with Gasteiger partial charge in [-0.15, -0.1) is 0 Å². The van der Waals surface area contributed by atoms with Crippen molar-refractivity contribution in [1.82, 2.24) is 9.47 Å². The molecule has 2 rings (SSSR count). The van der Waals surface area contributed by atoms with E-state index in [-0.39, 0.29) is 16.1 Å². The van der Waals surface area contributed by atoms with Crippen molar-refractivity contribution >= 4 is 29.2 Å². The van der Waals surface area contributed by atoms with Crippen molar-refractivity contribution < 1.29 is 9.90 Å². The number of hydrogen-bond donors (Lipinski definition) is 1. The van der Waals surface area contributed by atoms with E-state index in [1.54, 1.807) is 28.8 Å². The maximum atomic E-state index is 12.7. The summed E-state index contributed by atoms with van der Waals surface area (Å²) >= 11 is 12.6. The van der Waals surface area contributed by atoms with Gasteiger partial charge in [0.15, 0.2) is 0 Å². The normalized spacial score (nSPS) is 12.3. The molecule has 158 valence electrons. The third-order valence-corrected chi connectivity index (χ3v) is 5.84. The van der Waals surface area contributed by atoms with Gasteiger partial charge in [0, 0.05) is 19.1 Å². The molecule has 0 saturated carbocycles. The van der Waals surface area contributed by atoms with Crippen LogP contribution in [0.3, 0.4) is 0 Å². The number of rotatable bonds is 10.